The quantitative estimate of drug-likeness (QED) is 0.728. The maximum atomic E-state index is 5.38. The number of hydrogen-bond donors (Lipinski definition) is 1. The first kappa shape index (κ1) is 10.8. The normalized spacial score (nSPS) is 11.4. The van der Waals surface area contributed by atoms with Crippen LogP contribution in [0, 0.1) is 19.3 Å². The molecular formula is C11H17N3. The largest absolute Gasteiger partial charge is 0.297 e. The molecule has 1 aromatic rings. The van der Waals surface area contributed by atoms with Crippen molar-refractivity contribution >= 4 is 0 Å². The fourth-order valence-electron chi connectivity index (χ4n) is 1.19. The molecule has 0 amide bonds. The fraction of sp³-hybridized carbons (Fsp3) is 0.545. The lowest BCUT2D eigenvalue weighted by Gasteiger charge is -2.19. The predicted molar refractivity (Wildman–Crippen MR) is 57.7 cm³/mol. The minimum atomic E-state index is -0.262. The van der Waals surface area contributed by atoms with E-state index in [1.807, 2.05) is 38.7 Å². The van der Waals surface area contributed by atoms with Crippen LogP contribution in [0.3, 0.4) is 0 Å². The van der Waals surface area contributed by atoms with Gasteiger partial charge in [0.2, 0.25) is 0 Å². The molecule has 0 aromatic carbocycles. The molecule has 3 nitrogen and oxygen atoms in total. The smallest absolute Gasteiger partial charge is 0.0743 e. The second-order valence-corrected chi connectivity index (χ2v) is 4.04. The highest BCUT2D eigenvalue weighted by molar-refractivity contribution is 5.17. The zero-order valence-electron chi connectivity index (χ0n) is 9.26. The van der Waals surface area contributed by atoms with E-state index < -0.39 is 0 Å². The van der Waals surface area contributed by atoms with Crippen molar-refractivity contribution in [1.82, 2.24) is 15.1 Å². The van der Waals surface area contributed by atoms with Gasteiger partial charge in [0.15, 0.2) is 0 Å². The summed E-state index contributed by atoms with van der Waals surface area (Å²) in [5.74, 6) is 2.70. The summed E-state index contributed by atoms with van der Waals surface area (Å²) in [6.45, 7) is 6.73. The first-order chi connectivity index (χ1) is 6.44. The highest BCUT2D eigenvalue weighted by Crippen LogP contribution is 2.07. The molecule has 76 valence electrons. The Kier molecular flexibility index (Phi) is 2.97. The average Bonchev–Trinajstić information content (AvgIpc) is 2.42. The Morgan fingerprint density at radius 3 is 2.71 bits per heavy atom. The van der Waals surface area contributed by atoms with Crippen LogP contribution in [0.15, 0.2) is 6.20 Å². The summed E-state index contributed by atoms with van der Waals surface area (Å²) in [6, 6.07) is 0. The lowest BCUT2D eigenvalue weighted by molar-refractivity contribution is 0.490. The molecule has 0 bridgehead atoms. The molecule has 0 saturated heterocycles. The van der Waals surface area contributed by atoms with Crippen molar-refractivity contribution in [1.29, 1.82) is 0 Å². The first-order valence-electron chi connectivity index (χ1n) is 4.66. The number of aromatic nitrogens is 2. The fourth-order valence-corrected chi connectivity index (χ4v) is 1.19. The highest BCUT2D eigenvalue weighted by atomic mass is 15.3. The molecule has 3 heteroatoms. The van der Waals surface area contributed by atoms with Crippen molar-refractivity contribution < 1.29 is 0 Å². The van der Waals surface area contributed by atoms with Gasteiger partial charge < -0.3 is 0 Å². The van der Waals surface area contributed by atoms with Crippen LogP contribution in [0.1, 0.15) is 25.1 Å². The van der Waals surface area contributed by atoms with Gasteiger partial charge >= 0.3 is 0 Å². The van der Waals surface area contributed by atoms with Crippen molar-refractivity contribution in [2.75, 3.05) is 0 Å². The SMILES string of the molecule is C#CC(C)(C)NCc1cn(C)nc1C. The summed E-state index contributed by atoms with van der Waals surface area (Å²) in [6.07, 6.45) is 7.39. The van der Waals surface area contributed by atoms with E-state index in [1.165, 1.54) is 5.56 Å². The zero-order chi connectivity index (χ0) is 10.8. The van der Waals surface area contributed by atoms with Gasteiger partial charge in [0.25, 0.3) is 0 Å². The van der Waals surface area contributed by atoms with Crippen LogP contribution in [0.25, 0.3) is 0 Å². The van der Waals surface area contributed by atoms with Crippen molar-refractivity contribution in [3.05, 3.63) is 17.5 Å². The average molecular weight is 191 g/mol. The minimum absolute atomic E-state index is 0.262. The van der Waals surface area contributed by atoms with Gasteiger partial charge in [-0.1, -0.05) is 5.92 Å². The van der Waals surface area contributed by atoms with E-state index in [4.69, 9.17) is 6.42 Å². The molecule has 0 aliphatic carbocycles. The predicted octanol–water partition coefficient (Wildman–Crippen LogP) is 1.23. The summed E-state index contributed by atoms with van der Waals surface area (Å²) in [5, 5.41) is 7.55. The topological polar surface area (TPSA) is 29.9 Å². The molecule has 0 saturated carbocycles. The van der Waals surface area contributed by atoms with Crippen LogP contribution < -0.4 is 5.32 Å². The highest BCUT2D eigenvalue weighted by Gasteiger charge is 2.13. The van der Waals surface area contributed by atoms with Gasteiger partial charge in [-0.25, -0.2) is 0 Å². The lowest BCUT2D eigenvalue weighted by atomic mass is 10.1. The van der Waals surface area contributed by atoms with Crippen molar-refractivity contribution in [3.8, 4) is 12.3 Å². The molecule has 1 heterocycles. The van der Waals surface area contributed by atoms with Crippen molar-refractivity contribution in [2.45, 2.75) is 32.9 Å². The summed E-state index contributed by atoms with van der Waals surface area (Å²) < 4.78 is 1.81. The van der Waals surface area contributed by atoms with E-state index in [-0.39, 0.29) is 5.54 Å². The first-order valence-corrected chi connectivity index (χ1v) is 4.66. The van der Waals surface area contributed by atoms with E-state index in [1.54, 1.807) is 0 Å². The second-order valence-electron chi connectivity index (χ2n) is 4.04. The van der Waals surface area contributed by atoms with Crippen LogP contribution >= 0.6 is 0 Å². The third kappa shape index (κ3) is 2.61. The van der Waals surface area contributed by atoms with E-state index in [0.717, 1.165) is 12.2 Å². The molecule has 0 aliphatic rings. The maximum Gasteiger partial charge on any atom is 0.0743 e. The number of nitrogens with zero attached hydrogens (tertiary/aromatic N) is 2. The Morgan fingerprint density at radius 2 is 2.29 bits per heavy atom. The van der Waals surface area contributed by atoms with Crippen LogP contribution in [-0.2, 0) is 13.6 Å². The molecule has 0 fully saturated rings. The zero-order valence-corrected chi connectivity index (χ0v) is 9.26. The number of nitrogens with one attached hydrogen (secondary N) is 1. The second kappa shape index (κ2) is 3.85. The van der Waals surface area contributed by atoms with E-state index in [0.29, 0.717) is 0 Å². The Morgan fingerprint density at radius 1 is 1.64 bits per heavy atom. The summed E-state index contributed by atoms with van der Waals surface area (Å²) in [5.41, 5.74) is 1.98. The van der Waals surface area contributed by atoms with Gasteiger partial charge in [-0.15, -0.1) is 6.42 Å². The van der Waals surface area contributed by atoms with Crippen LogP contribution in [-0.4, -0.2) is 15.3 Å². The standard InChI is InChI=1S/C11H17N3/c1-6-11(3,4)12-7-10-8-14(5)13-9(10)2/h1,8,12H,7H2,2-5H3. The third-order valence-electron chi connectivity index (χ3n) is 2.20. The van der Waals surface area contributed by atoms with Crippen molar-refractivity contribution in [3.63, 3.8) is 0 Å². The summed E-state index contributed by atoms with van der Waals surface area (Å²) in [7, 11) is 1.92. The van der Waals surface area contributed by atoms with Gasteiger partial charge in [-0.2, -0.15) is 5.10 Å². The molecule has 1 N–H and O–H groups in total. The van der Waals surface area contributed by atoms with E-state index >= 15 is 0 Å². The molecule has 1 aromatic heterocycles. The maximum absolute atomic E-state index is 5.38. The molecular weight excluding hydrogens is 174 g/mol. The Bertz CT molecular complexity index is 355. The molecule has 14 heavy (non-hydrogen) atoms. The summed E-state index contributed by atoms with van der Waals surface area (Å²) in [4.78, 5) is 0. The monoisotopic (exact) mass is 191 g/mol. The Labute approximate surface area is 85.5 Å². The summed E-state index contributed by atoms with van der Waals surface area (Å²) >= 11 is 0. The minimum Gasteiger partial charge on any atom is -0.297 e. The van der Waals surface area contributed by atoms with E-state index in [9.17, 15) is 0 Å². The van der Waals surface area contributed by atoms with Gasteiger partial charge in [0, 0.05) is 25.4 Å². The van der Waals surface area contributed by atoms with Gasteiger partial charge in [-0.05, 0) is 20.8 Å². The molecule has 0 spiro atoms. The van der Waals surface area contributed by atoms with Crippen LogP contribution in [0.4, 0.5) is 0 Å². The van der Waals surface area contributed by atoms with Gasteiger partial charge in [-0.3, -0.25) is 10.00 Å². The molecule has 0 aliphatic heterocycles. The molecule has 1 rings (SSSR count). The van der Waals surface area contributed by atoms with Gasteiger partial charge in [0.05, 0.1) is 11.2 Å². The number of terminal acetylenes is 1. The van der Waals surface area contributed by atoms with Crippen molar-refractivity contribution in [2.24, 2.45) is 7.05 Å². The number of hydrogen-bond acceptors (Lipinski definition) is 2. The number of rotatable bonds is 3. The Balaban J connectivity index is 2.63. The van der Waals surface area contributed by atoms with Crippen LogP contribution in [0.5, 0.6) is 0 Å². The molecule has 0 unspecified atom stereocenters. The lowest BCUT2D eigenvalue weighted by Crippen LogP contribution is -2.36. The Hall–Kier alpha value is -1.27. The van der Waals surface area contributed by atoms with Crippen LogP contribution in [0.2, 0.25) is 0 Å². The number of aryl methyl sites for hydroxylation is 2. The third-order valence-corrected chi connectivity index (χ3v) is 2.20. The molecule has 0 radical (unpaired) electrons. The molecule has 0 atom stereocenters. The van der Waals surface area contributed by atoms with E-state index in [2.05, 4.69) is 16.3 Å². The van der Waals surface area contributed by atoms with Gasteiger partial charge in [0.1, 0.15) is 0 Å².